The molecule has 1 aliphatic rings. The van der Waals surface area contributed by atoms with Crippen LogP contribution in [0.3, 0.4) is 0 Å². The average molecular weight is 311 g/mol. The number of nitrogens with zero attached hydrogens (tertiary/aromatic N) is 1. The first-order valence-corrected chi connectivity index (χ1v) is 6.46. The van der Waals surface area contributed by atoms with E-state index in [4.69, 9.17) is 5.73 Å². The summed E-state index contributed by atoms with van der Waals surface area (Å²) in [6.45, 7) is 5.43. The van der Waals surface area contributed by atoms with Crippen molar-refractivity contribution in [2.24, 2.45) is 5.41 Å². The van der Waals surface area contributed by atoms with Crippen LogP contribution < -0.4 is 10.6 Å². The molecule has 0 radical (unpaired) electrons. The van der Waals surface area contributed by atoms with Gasteiger partial charge in [-0.1, -0.05) is 13.8 Å². The molecule has 0 spiro atoms. The van der Waals surface area contributed by atoms with Crippen molar-refractivity contribution in [2.45, 2.75) is 27.2 Å². The topological polar surface area (TPSA) is 63.4 Å². The molecule has 0 aliphatic carbocycles. The molecule has 1 fully saturated rings. The summed E-state index contributed by atoms with van der Waals surface area (Å²) in [7, 11) is 0. The maximum Gasteiger partial charge on any atom is 0.239 e. The van der Waals surface area contributed by atoms with Gasteiger partial charge >= 0.3 is 0 Å². The third-order valence-electron chi connectivity index (χ3n) is 3.20. The van der Waals surface area contributed by atoms with E-state index in [0.29, 0.717) is 15.8 Å². The molecule has 0 saturated carbocycles. The van der Waals surface area contributed by atoms with E-state index < -0.39 is 5.41 Å². The van der Waals surface area contributed by atoms with Crippen molar-refractivity contribution in [1.29, 1.82) is 0 Å². The van der Waals surface area contributed by atoms with E-state index in [0.717, 1.165) is 5.56 Å². The summed E-state index contributed by atoms with van der Waals surface area (Å²) in [6, 6.07) is 3.48. The number of amides is 2. The van der Waals surface area contributed by atoms with Crippen molar-refractivity contribution in [3.8, 4) is 0 Å². The second-order valence-corrected chi connectivity index (χ2v) is 6.11. The number of halogens is 1. The highest BCUT2D eigenvalue weighted by Crippen LogP contribution is 2.39. The zero-order chi connectivity index (χ0) is 13.7. The zero-order valence-electron chi connectivity index (χ0n) is 10.6. The molecule has 96 valence electrons. The quantitative estimate of drug-likeness (QED) is 0.640. The van der Waals surface area contributed by atoms with Crippen LogP contribution in [0.4, 0.5) is 11.4 Å². The third kappa shape index (κ3) is 1.92. The lowest BCUT2D eigenvalue weighted by Gasteiger charge is -2.20. The second-order valence-electron chi connectivity index (χ2n) is 5.26. The van der Waals surface area contributed by atoms with E-state index in [9.17, 15) is 9.59 Å². The Morgan fingerprint density at radius 3 is 2.44 bits per heavy atom. The first-order valence-electron chi connectivity index (χ1n) is 5.67. The minimum absolute atomic E-state index is 0.184. The number of aryl methyl sites for hydroxylation is 1. The van der Waals surface area contributed by atoms with Gasteiger partial charge in [0.1, 0.15) is 0 Å². The zero-order valence-corrected chi connectivity index (χ0v) is 12.2. The van der Waals surface area contributed by atoms with Gasteiger partial charge in [0.25, 0.3) is 0 Å². The number of benzene rings is 1. The molecular formula is C13H15BrN2O2. The number of hydrogen-bond acceptors (Lipinski definition) is 3. The standard InChI is InChI=1S/C13H15BrN2O2/c1-7-4-8(14)10(5-9(7)15)16-11(17)6-13(2,3)12(16)18/h4-5H,6,15H2,1-3H3. The van der Waals surface area contributed by atoms with E-state index in [2.05, 4.69) is 15.9 Å². The molecule has 0 atom stereocenters. The molecule has 1 heterocycles. The van der Waals surface area contributed by atoms with E-state index in [1.165, 1.54) is 4.90 Å². The van der Waals surface area contributed by atoms with Crippen LogP contribution in [0.1, 0.15) is 25.8 Å². The van der Waals surface area contributed by atoms with Gasteiger partial charge in [0.05, 0.1) is 11.1 Å². The lowest BCUT2D eigenvalue weighted by molar-refractivity contribution is -0.124. The molecule has 0 aromatic heterocycles. The fourth-order valence-electron chi connectivity index (χ4n) is 2.04. The fourth-order valence-corrected chi connectivity index (χ4v) is 2.68. The van der Waals surface area contributed by atoms with Gasteiger partial charge in [-0.2, -0.15) is 0 Å². The van der Waals surface area contributed by atoms with Gasteiger partial charge in [0.15, 0.2) is 0 Å². The average Bonchev–Trinajstić information content (AvgIpc) is 2.43. The summed E-state index contributed by atoms with van der Waals surface area (Å²) in [5.41, 5.74) is 7.20. The van der Waals surface area contributed by atoms with E-state index in [1.54, 1.807) is 19.9 Å². The van der Waals surface area contributed by atoms with Gasteiger partial charge in [-0.15, -0.1) is 0 Å². The van der Waals surface area contributed by atoms with Crippen LogP contribution in [0, 0.1) is 12.3 Å². The predicted octanol–water partition coefficient (Wildman–Crippen LogP) is 2.63. The van der Waals surface area contributed by atoms with Gasteiger partial charge in [-0.25, -0.2) is 4.90 Å². The van der Waals surface area contributed by atoms with Gasteiger partial charge in [-0.05, 0) is 40.5 Å². The first kappa shape index (κ1) is 13.1. The van der Waals surface area contributed by atoms with Gasteiger partial charge < -0.3 is 5.73 Å². The monoisotopic (exact) mass is 310 g/mol. The van der Waals surface area contributed by atoms with Crippen molar-refractivity contribution >= 4 is 39.1 Å². The molecule has 1 aromatic rings. The highest BCUT2D eigenvalue weighted by molar-refractivity contribution is 9.10. The molecule has 1 aromatic carbocycles. The highest BCUT2D eigenvalue weighted by atomic mass is 79.9. The first-order chi connectivity index (χ1) is 8.24. The van der Waals surface area contributed by atoms with Crippen LogP contribution in [0.25, 0.3) is 0 Å². The molecule has 0 bridgehead atoms. The Morgan fingerprint density at radius 1 is 1.33 bits per heavy atom. The Balaban J connectivity index is 2.53. The lowest BCUT2D eigenvalue weighted by atomic mass is 9.92. The Labute approximate surface area is 114 Å². The third-order valence-corrected chi connectivity index (χ3v) is 3.84. The number of hydrogen-bond donors (Lipinski definition) is 1. The highest BCUT2D eigenvalue weighted by Gasteiger charge is 2.46. The summed E-state index contributed by atoms with van der Waals surface area (Å²) in [4.78, 5) is 25.4. The number of nitrogen functional groups attached to an aromatic ring is 1. The molecule has 1 saturated heterocycles. The Morgan fingerprint density at radius 2 is 1.94 bits per heavy atom. The van der Waals surface area contributed by atoms with Crippen molar-refractivity contribution in [3.05, 3.63) is 22.2 Å². The molecule has 2 rings (SSSR count). The van der Waals surface area contributed by atoms with Crippen molar-refractivity contribution in [3.63, 3.8) is 0 Å². The Hall–Kier alpha value is -1.36. The van der Waals surface area contributed by atoms with Crippen molar-refractivity contribution in [2.75, 3.05) is 10.6 Å². The number of rotatable bonds is 1. The molecule has 4 nitrogen and oxygen atoms in total. The summed E-state index contributed by atoms with van der Waals surface area (Å²) >= 11 is 3.38. The van der Waals surface area contributed by atoms with Gasteiger partial charge in [0, 0.05) is 16.6 Å². The Kier molecular flexibility index (Phi) is 2.97. The number of imide groups is 1. The lowest BCUT2D eigenvalue weighted by Crippen LogP contribution is -2.33. The number of nitrogens with two attached hydrogens (primary N) is 1. The van der Waals surface area contributed by atoms with E-state index >= 15 is 0 Å². The van der Waals surface area contributed by atoms with Gasteiger partial charge in [-0.3, -0.25) is 9.59 Å². The summed E-state index contributed by atoms with van der Waals surface area (Å²) in [6.07, 6.45) is 0.228. The van der Waals surface area contributed by atoms with Crippen LogP contribution in [0.15, 0.2) is 16.6 Å². The number of carbonyl (C=O) groups is 2. The molecule has 5 heteroatoms. The Bertz CT molecular complexity index is 552. The molecule has 2 N–H and O–H groups in total. The van der Waals surface area contributed by atoms with Crippen molar-refractivity contribution < 1.29 is 9.59 Å². The van der Waals surface area contributed by atoms with E-state index in [-0.39, 0.29) is 18.2 Å². The van der Waals surface area contributed by atoms with Crippen LogP contribution in [0.2, 0.25) is 0 Å². The second kappa shape index (κ2) is 4.09. The summed E-state index contributed by atoms with van der Waals surface area (Å²) in [5, 5.41) is 0. The normalized spacial score (nSPS) is 18.6. The van der Waals surface area contributed by atoms with E-state index in [1.807, 2.05) is 13.0 Å². The maximum absolute atomic E-state index is 12.2. The minimum atomic E-state index is -0.643. The van der Waals surface area contributed by atoms with Crippen molar-refractivity contribution in [1.82, 2.24) is 0 Å². The number of anilines is 2. The molecule has 2 amide bonds. The molecule has 1 aliphatic heterocycles. The predicted molar refractivity (Wildman–Crippen MR) is 74.2 cm³/mol. The van der Waals surface area contributed by atoms with Crippen LogP contribution in [0.5, 0.6) is 0 Å². The molecular weight excluding hydrogens is 296 g/mol. The van der Waals surface area contributed by atoms with Gasteiger partial charge in [0.2, 0.25) is 11.8 Å². The van der Waals surface area contributed by atoms with Crippen LogP contribution in [-0.2, 0) is 9.59 Å². The largest absolute Gasteiger partial charge is 0.398 e. The number of carbonyl (C=O) groups excluding carboxylic acids is 2. The SMILES string of the molecule is Cc1cc(Br)c(N2C(=O)CC(C)(C)C2=O)cc1N. The molecule has 0 unspecified atom stereocenters. The van der Waals surface area contributed by atoms with Crippen LogP contribution in [-0.4, -0.2) is 11.8 Å². The maximum atomic E-state index is 12.2. The summed E-state index contributed by atoms with van der Waals surface area (Å²) < 4.78 is 0.702. The smallest absolute Gasteiger partial charge is 0.239 e. The van der Waals surface area contributed by atoms with Crippen LogP contribution >= 0.6 is 15.9 Å². The fraction of sp³-hybridized carbons (Fsp3) is 0.385. The minimum Gasteiger partial charge on any atom is -0.398 e. The summed E-state index contributed by atoms with van der Waals surface area (Å²) in [5.74, 6) is -0.370. The molecule has 18 heavy (non-hydrogen) atoms.